The van der Waals surface area contributed by atoms with Crippen LogP contribution in [0, 0.1) is 11.8 Å². The minimum atomic E-state index is 0.214. The molecule has 1 aliphatic heterocycles. The van der Waals surface area contributed by atoms with Gasteiger partial charge in [-0.05, 0) is 32.7 Å². The molecule has 1 heterocycles. The normalized spacial score (nSPS) is 21.3. The van der Waals surface area contributed by atoms with Gasteiger partial charge in [-0.2, -0.15) is 0 Å². The first kappa shape index (κ1) is 12.5. The van der Waals surface area contributed by atoms with E-state index in [4.69, 9.17) is 0 Å². The Morgan fingerprint density at radius 1 is 1.40 bits per heavy atom. The first-order chi connectivity index (χ1) is 7.02. The van der Waals surface area contributed by atoms with Crippen molar-refractivity contribution in [2.45, 2.75) is 40.2 Å². The number of hydrogen-bond acceptors (Lipinski definition) is 2. The molecule has 3 heteroatoms. The summed E-state index contributed by atoms with van der Waals surface area (Å²) in [6, 6.07) is 0.320. The summed E-state index contributed by atoms with van der Waals surface area (Å²) in [7, 11) is 0. The SMILES string of the molecule is CC(C)CN(C(=O)C1CCNC1)C(C)C. The number of nitrogens with one attached hydrogen (secondary N) is 1. The van der Waals surface area contributed by atoms with Crippen LogP contribution in [0.15, 0.2) is 0 Å². The molecule has 1 N–H and O–H groups in total. The summed E-state index contributed by atoms with van der Waals surface area (Å²) in [5, 5.41) is 3.25. The molecule has 0 aromatic heterocycles. The monoisotopic (exact) mass is 212 g/mol. The van der Waals surface area contributed by atoms with Gasteiger partial charge in [0.25, 0.3) is 0 Å². The second-order valence-electron chi connectivity index (χ2n) is 5.17. The minimum Gasteiger partial charge on any atom is -0.340 e. The number of rotatable bonds is 4. The molecule has 0 aromatic carbocycles. The predicted octanol–water partition coefficient (Wildman–Crippen LogP) is 1.49. The van der Waals surface area contributed by atoms with E-state index in [1.807, 2.05) is 4.90 Å². The third kappa shape index (κ3) is 3.49. The van der Waals surface area contributed by atoms with E-state index in [0.29, 0.717) is 17.9 Å². The van der Waals surface area contributed by atoms with Gasteiger partial charge < -0.3 is 10.2 Å². The fraction of sp³-hybridized carbons (Fsp3) is 0.917. The van der Waals surface area contributed by atoms with Gasteiger partial charge in [-0.15, -0.1) is 0 Å². The second-order valence-corrected chi connectivity index (χ2v) is 5.17. The number of hydrogen-bond donors (Lipinski definition) is 1. The van der Waals surface area contributed by atoms with E-state index in [0.717, 1.165) is 26.1 Å². The highest BCUT2D eigenvalue weighted by molar-refractivity contribution is 5.79. The molecule has 0 aromatic rings. The van der Waals surface area contributed by atoms with Gasteiger partial charge in [-0.1, -0.05) is 13.8 Å². The molecule has 1 amide bonds. The molecule has 0 radical (unpaired) electrons. The Morgan fingerprint density at radius 3 is 2.47 bits per heavy atom. The van der Waals surface area contributed by atoms with E-state index < -0.39 is 0 Å². The van der Waals surface area contributed by atoms with Crippen LogP contribution < -0.4 is 5.32 Å². The molecule has 0 bridgehead atoms. The van der Waals surface area contributed by atoms with Crippen LogP contribution in [0.5, 0.6) is 0 Å². The highest BCUT2D eigenvalue weighted by atomic mass is 16.2. The summed E-state index contributed by atoms with van der Waals surface area (Å²) in [5.41, 5.74) is 0. The van der Waals surface area contributed by atoms with Gasteiger partial charge in [0.1, 0.15) is 0 Å². The zero-order chi connectivity index (χ0) is 11.4. The maximum absolute atomic E-state index is 12.2. The third-order valence-corrected chi connectivity index (χ3v) is 2.88. The molecule has 0 aliphatic carbocycles. The number of carbonyl (C=O) groups excluding carboxylic acids is 1. The molecule has 15 heavy (non-hydrogen) atoms. The first-order valence-corrected chi connectivity index (χ1v) is 6.03. The fourth-order valence-corrected chi connectivity index (χ4v) is 2.05. The summed E-state index contributed by atoms with van der Waals surface area (Å²) >= 11 is 0. The van der Waals surface area contributed by atoms with E-state index in [2.05, 4.69) is 33.0 Å². The lowest BCUT2D eigenvalue weighted by Gasteiger charge is -2.30. The first-order valence-electron chi connectivity index (χ1n) is 6.03. The average molecular weight is 212 g/mol. The Morgan fingerprint density at radius 2 is 2.07 bits per heavy atom. The average Bonchev–Trinajstić information content (AvgIpc) is 2.65. The Kier molecular flexibility index (Phi) is 4.58. The van der Waals surface area contributed by atoms with Crippen molar-refractivity contribution in [3.63, 3.8) is 0 Å². The number of carbonyl (C=O) groups is 1. The van der Waals surface area contributed by atoms with Crippen molar-refractivity contribution >= 4 is 5.91 Å². The highest BCUT2D eigenvalue weighted by Crippen LogP contribution is 2.15. The van der Waals surface area contributed by atoms with Crippen LogP contribution in [0.3, 0.4) is 0 Å². The lowest BCUT2D eigenvalue weighted by Crippen LogP contribution is -2.43. The zero-order valence-electron chi connectivity index (χ0n) is 10.4. The molecule has 1 aliphatic rings. The van der Waals surface area contributed by atoms with Gasteiger partial charge >= 0.3 is 0 Å². The summed E-state index contributed by atoms with van der Waals surface area (Å²) in [4.78, 5) is 14.2. The van der Waals surface area contributed by atoms with Crippen molar-refractivity contribution in [2.24, 2.45) is 11.8 Å². The van der Waals surface area contributed by atoms with Crippen molar-refractivity contribution in [3.8, 4) is 0 Å². The van der Waals surface area contributed by atoms with E-state index in [-0.39, 0.29) is 5.92 Å². The maximum Gasteiger partial charge on any atom is 0.227 e. The lowest BCUT2D eigenvalue weighted by molar-refractivity contribution is -0.137. The summed E-state index contributed by atoms with van der Waals surface area (Å²) in [5.74, 6) is 1.10. The Balaban J connectivity index is 2.57. The van der Waals surface area contributed by atoms with Crippen LogP contribution in [0.2, 0.25) is 0 Å². The van der Waals surface area contributed by atoms with Crippen molar-refractivity contribution in [3.05, 3.63) is 0 Å². The Hall–Kier alpha value is -0.570. The third-order valence-electron chi connectivity index (χ3n) is 2.88. The van der Waals surface area contributed by atoms with Crippen molar-refractivity contribution in [2.75, 3.05) is 19.6 Å². The molecule has 0 saturated carbocycles. The van der Waals surface area contributed by atoms with E-state index in [9.17, 15) is 4.79 Å². The highest BCUT2D eigenvalue weighted by Gasteiger charge is 2.28. The molecular weight excluding hydrogens is 188 g/mol. The van der Waals surface area contributed by atoms with E-state index >= 15 is 0 Å². The molecule has 88 valence electrons. The van der Waals surface area contributed by atoms with Gasteiger partial charge in [-0.25, -0.2) is 0 Å². The van der Waals surface area contributed by atoms with Gasteiger partial charge in [-0.3, -0.25) is 4.79 Å². The summed E-state index contributed by atoms with van der Waals surface area (Å²) < 4.78 is 0. The van der Waals surface area contributed by atoms with Crippen LogP contribution in [-0.2, 0) is 4.79 Å². The maximum atomic E-state index is 12.2. The van der Waals surface area contributed by atoms with Gasteiger partial charge in [0.05, 0.1) is 5.92 Å². The fourth-order valence-electron chi connectivity index (χ4n) is 2.05. The molecule has 1 saturated heterocycles. The standard InChI is InChI=1S/C12H24N2O/c1-9(2)8-14(10(3)4)12(15)11-5-6-13-7-11/h9-11,13H,5-8H2,1-4H3. The molecule has 1 fully saturated rings. The van der Waals surface area contributed by atoms with Gasteiger partial charge in [0.2, 0.25) is 5.91 Å². The Bertz CT molecular complexity index is 208. The summed E-state index contributed by atoms with van der Waals surface area (Å²) in [6.07, 6.45) is 1.00. The molecule has 0 spiro atoms. The zero-order valence-corrected chi connectivity index (χ0v) is 10.4. The van der Waals surface area contributed by atoms with E-state index in [1.54, 1.807) is 0 Å². The van der Waals surface area contributed by atoms with Crippen LogP contribution >= 0.6 is 0 Å². The minimum absolute atomic E-state index is 0.214. The van der Waals surface area contributed by atoms with Crippen molar-refractivity contribution in [1.82, 2.24) is 10.2 Å². The van der Waals surface area contributed by atoms with Crippen LogP contribution in [0.1, 0.15) is 34.1 Å². The van der Waals surface area contributed by atoms with Crippen LogP contribution in [-0.4, -0.2) is 36.5 Å². The van der Waals surface area contributed by atoms with Crippen LogP contribution in [0.4, 0.5) is 0 Å². The van der Waals surface area contributed by atoms with Crippen molar-refractivity contribution < 1.29 is 4.79 Å². The number of amides is 1. The molecule has 1 atom stereocenters. The molecule has 3 nitrogen and oxygen atoms in total. The smallest absolute Gasteiger partial charge is 0.227 e. The van der Waals surface area contributed by atoms with Gasteiger partial charge in [0, 0.05) is 19.1 Å². The summed E-state index contributed by atoms with van der Waals surface area (Å²) in [6.45, 7) is 11.3. The topological polar surface area (TPSA) is 32.3 Å². The Labute approximate surface area is 93.2 Å². The largest absolute Gasteiger partial charge is 0.340 e. The van der Waals surface area contributed by atoms with Crippen LogP contribution in [0.25, 0.3) is 0 Å². The predicted molar refractivity (Wildman–Crippen MR) is 62.7 cm³/mol. The van der Waals surface area contributed by atoms with E-state index in [1.165, 1.54) is 0 Å². The molecule has 1 unspecified atom stereocenters. The molecule has 1 rings (SSSR count). The number of nitrogens with zero attached hydrogens (tertiary/aromatic N) is 1. The second kappa shape index (κ2) is 5.50. The van der Waals surface area contributed by atoms with Crippen molar-refractivity contribution in [1.29, 1.82) is 0 Å². The van der Waals surface area contributed by atoms with Gasteiger partial charge in [0.15, 0.2) is 0 Å². The lowest BCUT2D eigenvalue weighted by atomic mass is 10.0. The quantitative estimate of drug-likeness (QED) is 0.765. The molecular formula is C12H24N2O.